The Hall–Kier alpha value is -1.30. The predicted molar refractivity (Wildman–Crippen MR) is 77.5 cm³/mol. The van der Waals surface area contributed by atoms with E-state index >= 15 is 0 Å². The third kappa shape index (κ3) is 3.48. The molecule has 3 unspecified atom stereocenters. The van der Waals surface area contributed by atoms with Crippen molar-refractivity contribution in [2.75, 3.05) is 25.1 Å². The molecule has 0 saturated carbocycles. The molecule has 2 N–H and O–H groups in total. The number of para-hydroxylation sites is 2. The molecule has 0 amide bonds. The topological polar surface area (TPSA) is 69.8 Å². The molecule has 3 atom stereocenters. The fourth-order valence-electron chi connectivity index (χ4n) is 3.13. The number of hydrogen-bond donors (Lipinski definition) is 2. The maximum Gasteiger partial charge on any atom is 0.138 e. The Balaban J connectivity index is 1.57. The minimum atomic E-state index is -0.137. The van der Waals surface area contributed by atoms with Crippen molar-refractivity contribution >= 4 is 5.69 Å². The van der Waals surface area contributed by atoms with Gasteiger partial charge in [-0.25, -0.2) is 0 Å². The lowest BCUT2D eigenvalue weighted by molar-refractivity contribution is 0.253. The highest BCUT2D eigenvalue weighted by atomic mass is 16.6. The summed E-state index contributed by atoms with van der Waals surface area (Å²) in [7, 11) is 0. The van der Waals surface area contributed by atoms with Gasteiger partial charge in [0.05, 0.1) is 43.8 Å². The van der Waals surface area contributed by atoms with Crippen LogP contribution in [0, 0.1) is 0 Å². The molecule has 0 spiro atoms. The highest BCUT2D eigenvalue weighted by molar-refractivity contribution is 5.57. The van der Waals surface area contributed by atoms with Gasteiger partial charge < -0.3 is 24.6 Å². The molecule has 21 heavy (non-hydrogen) atoms. The van der Waals surface area contributed by atoms with E-state index in [1.807, 2.05) is 18.2 Å². The molecular weight excluding hydrogens is 270 g/mol. The zero-order valence-corrected chi connectivity index (χ0v) is 12.0. The summed E-state index contributed by atoms with van der Waals surface area (Å²) in [6.45, 7) is 2.50. The maximum absolute atomic E-state index is 10.1. The summed E-state index contributed by atoms with van der Waals surface area (Å²) < 4.78 is 16.4. The molecule has 114 valence electrons. The van der Waals surface area contributed by atoms with Crippen molar-refractivity contribution in [3.8, 4) is 5.75 Å². The van der Waals surface area contributed by atoms with Crippen LogP contribution in [0.25, 0.3) is 0 Å². The Bertz CT molecular complexity index is 473. The fourth-order valence-corrected chi connectivity index (χ4v) is 3.13. The Morgan fingerprint density at radius 2 is 1.43 bits per heavy atom. The van der Waals surface area contributed by atoms with Gasteiger partial charge in [-0.05, 0) is 31.4 Å². The highest BCUT2D eigenvalue weighted by Crippen LogP contribution is 2.40. The number of hydrogen-bond acceptors (Lipinski definition) is 5. The number of anilines is 1. The van der Waals surface area contributed by atoms with Crippen LogP contribution in [0.15, 0.2) is 24.3 Å². The Kier molecular flexibility index (Phi) is 3.28. The SMILES string of the molecule is Oc1ccccc1NC(CC1CO1)(CC1CO1)CC1CO1. The van der Waals surface area contributed by atoms with Gasteiger partial charge in [0.1, 0.15) is 5.75 Å². The summed E-state index contributed by atoms with van der Waals surface area (Å²) in [6, 6.07) is 7.39. The molecule has 3 saturated heterocycles. The predicted octanol–water partition coefficient (Wildman–Crippen LogP) is 1.91. The molecule has 1 aromatic rings. The van der Waals surface area contributed by atoms with E-state index in [2.05, 4.69) is 5.32 Å². The van der Waals surface area contributed by atoms with Crippen molar-refractivity contribution in [1.29, 1.82) is 0 Å². The van der Waals surface area contributed by atoms with Gasteiger partial charge in [0.15, 0.2) is 0 Å². The van der Waals surface area contributed by atoms with E-state index in [0.29, 0.717) is 18.3 Å². The molecular formula is C16H21NO4. The number of nitrogens with one attached hydrogen (secondary N) is 1. The van der Waals surface area contributed by atoms with Gasteiger partial charge in [0.2, 0.25) is 0 Å². The van der Waals surface area contributed by atoms with Gasteiger partial charge in [-0.15, -0.1) is 0 Å². The Morgan fingerprint density at radius 1 is 0.952 bits per heavy atom. The quantitative estimate of drug-likeness (QED) is 0.565. The zero-order chi connectivity index (χ0) is 14.3. The van der Waals surface area contributed by atoms with Crippen LogP contribution in [-0.2, 0) is 14.2 Å². The fraction of sp³-hybridized carbons (Fsp3) is 0.625. The van der Waals surface area contributed by atoms with Crippen molar-refractivity contribution in [1.82, 2.24) is 0 Å². The molecule has 0 aromatic heterocycles. The minimum absolute atomic E-state index is 0.137. The van der Waals surface area contributed by atoms with Crippen LogP contribution in [0.3, 0.4) is 0 Å². The first-order valence-electron chi connectivity index (χ1n) is 7.63. The number of benzene rings is 1. The van der Waals surface area contributed by atoms with E-state index in [4.69, 9.17) is 14.2 Å². The van der Waals surface area contributed by atoms with Crippen LogP contribution in [0.1, 0.15) is 19.3 Å². The molecule has 0 bridgehead atoms. The van der Waals surface area contributed by atoms with Crippen molar-refractivity contribution in [3.63, 3.8) is 0 Å². The van der Waals surface area contributed by atoms with Crippen LogP contribution in [0.5, 0.6) is 5.75 Å². The lowest BCUT2D eigenvalue weighted by Crippen LogP contribution is -2.42. The van der Waals surface area contributed by atoms with Crippen molar-refractivity contribution in [2.24, 2.45) is 0 Å². The first-order chi connectivity index (χ1) is 10.2. The minimum Gasteiger partial charge on any atom is -0.506 e. The molecule has 3 aliphatic rings. The van der Waals surface area contributed by atoms with Crippen molar-refractivity contribution in [2.45, 2.75) is 43.1 Å². The number of rotatable bonds is 8. The van der Waals surface area contributed by atoms with Crippen LogP contribution < -0.4 is 5.32 Å². The smallest absolute Gasteiger partial charge is 0.138 e. The molecule has 5 nitrogen and oxygen atoms in total. The standard InChI is InChI=1S/C16H21NO4/c18-15-4-2-1-3-14(15)17-16(5-11-8-19-11,6-12-9-20-12)7-13-10-21-13/h1-4,11-13,17-18H,5-10H2. The summed E-state index contributed by atoms with van der Waals surface area (Å²) in [5, 5.41) is 13.7. The largest absolute Gasteiger partial charge is 0.506 e. The van der Waals surface area contributed by atoms with Gasteiger partial charge in [0, 0.05) is 5.54 Å². The van der Waals surface area contributed by atoms with Crippen LogP contribution in [0.2, 0.25) is 0 Å². The second-order valence-corrected chi connectivity index (χ2v) is 6.40. The van der Waals surface area contributed by atoms with Crippen molar-refractivity contribution in [3.05, 3.63) is 24.3 Å². The summed E-state index contributed by atoms with van der Waals surface area (Å²) in [5.41, 5.74) is 0.641. The summed E-state index contributed by atoms with van der Waals surface area (Å²) >= 11 is 0. The number of epoxide rings is 3. The van der Waals surface area contributed by atoms with Gasteiger partial charge in [0.25, 0.3) is 0 Å². The lowest BCUT2D eigenvalue weighted by atomic mass is 9.83. The average Bonchev–Trinajstić information content (AvgIpc) is 3.28. The normalized spacial score (nSPS) is 32.3. The summed E-state index contributed by atoms with van der Waals surface area (Å²) in [6.07, 6.45) is 3.76. The molecule has 3 fully saturated rings. The zero-order valence-electron chi connectivity index (χ0n) is 12.0. The monoisotopic (exact) mass is 291 g/mol. The summed E-state index contributed by atoms with van der Waals surface area (Å²) in [5.74, 6) is 0.284. The lowest BCUT2D eigenvalue weighted by Gasteiger charge is -2.35. The van der Waals surface area contributed by atoms with Gasteiger partial charge in [-0.3, -0.25) is 0 Å². The average molecular weight is 291 g/mol. The number of ether oxygens (including phenoxy) is 3. The van der Waals surface area contributed by atoms with Gasteiger partial charge in [-0.1, -0.05) is 12.1 Å². The van der Waals surface area contributed by atoms with E-state index in [1.165, 1.54) is 0 Å². The molecule has 0 radical (unpaired) electrons. The first kappa shape index (κ1) is 13.4. The molecule has 3 aliphatic heterocycles. The molecule has 5 heteroatoms. The molecule has 4 rings (SSSR count). The second-order valence-electron chi connectivity index (χ2n) is 6.40. The first-order valence-corrected chi connectivity index (χ1v) is 7.63. The Labute approximate surface area is 124 Å². The Morgan fingerprint density at radius 3 is 1.86 bits per heavy atom. The molecule has 0 aliphatic carbocycles. The van der Waals surface area contributed by atoms with Gasteiger partial charge in [-0.2, -0.15) is 0 Å². The maximum atomic E-state index is 10.1. The third-order valence-corrected chi connectivity index (χ3v) is 4.37. The highest BCUT2D eigenvalue weighted by Gasteiger charge is 2.46. The summed E-state index contributed by atoms with van der Waals surface area (Å²) in [4.78, 5) is 0. The van der Waals surface area contributed by atoms with E-state index in [1.54, 1.807) is 6.07 Å². The van der Waals surface area contributed by atoms with Crippen LogP contribution in [0.4, 0.5) is 5.69 Å². The van der Waals surface area contributed by atoms with E-state index in [-0.39, 0.29) is 11.3 Å². The van der Waals surface area contributed by atoms with Gasteiger partial charge >= 0.3 is 0 Å². The second kappa shape index (κ2) is 5.16. The van der Waals surface area contributed by atoms with E-state index in [0.717, 1.165) is 44.8 Å². The van der Waals surface area contributed by atoms with E-state index < -0.39 is 0 Å². The van der Waals surface area contributed by atoms with E-state index in [9.17, 15) is 5.11 Å². The van der Waals surface area contributed by atoms with Crippen LogP contribution in [-0.4, -0.2) is 48.8 Å². The number of aromatic hydroxyl groups is 1. The number of phenols is 1. The van der Waals surface area contributed by atoms with Crippen LogP contribution >= 0.6 is 0 Å². The molecule has 1 aromatic carbocycles. The third-order valence-electron chi connectivity index (χ3n) is 4.37. The van der Waals surface area contributed by atoms with Crippen molar-refractivity contribution < 1.29 is 19.3 Å². The number of phenolic OH excluding ortho intramolecular Hbond substituents is 1. The molecule has 3 heterocycles.